The first-order valence-corrected chi connectivity index (χ1v) is 2.92. The van der Waals surface area contributed by atoms with E-state index in [9.17, 15) is 0 Å². The number of aliphatic hydroxyl groups excluding tert-OH is 1. The van der Waals surface area contributed by atoms with Crippen molar-refractivity contribution in [2.75, 3.05) is 5.73 Å². The van der Waals surface area contributed by atoms with Crippen molar-refractivity contribution in [3.63, 3.8) is 0 Å². The molecule has 5 nitrogen and oxygen atoms in total. The molecule has 124 valence electrons. The van der Waals surface area contributed by atoms with Gasteiger partial charge in [-0.2, -0.15) is 0 Å². The van der Waals surface area contributed by atoms with E-state index in [-0.39, 0.29) is 123 Å². The summed E-state index contributed by atoms with van der Waals surface area (Å²) in [6.07, 6.45) is -1.43. The van der Waals surface area contributed by atoms with Gasteiger partial charge in [0.05, 0.1) is 0 Å². The number of rotatable bonds is 1. The summed E-state index contributed by atoms with van der Waals surface area (Å²) >= 11 is 0. The predicted octanol–water partition coefficient (Wildman–Crippen LogP) is -1.41. The van der Waals surface area contributed by atoms with Crippen molar-refractivity contribution in [1.82, 2.24) is 0 Å². The molecule has 17 heavy (non-hydrogen) atoms. The Bertz CT molecular complexity index is 241. The Morgan fingerprint density at radius 3 is 1.59 bits per heavy atom. The van der Waals surface area contributed by atoms with E-state index in [4.69, 9.17) is 15.9 Å². The molecule has 0 unspecified atom stereocenters. The van der Waals surface area contributed by atoms with Crippen LogP contribution >= 0.6 is 0 Å². The van der Waals surface area contributed by atoms with Crippen LogP contribution in [0.25, 0.3) is 0 Å². The van der Waals surface area contributed by atoms with Gasteiger partial charge in [0.15, 0.2) is 6.29 Å². The topological polar surface area (TPSA) is 129 Å². The van der Waals surface area contributed by atoms with Gasteiger partial charge in [-0.1, -0.05) is 12.1 Å². The molecular weight excluding hydrogens is 701 g/mol. The molecule has 0 saturated carbocycles. The molecule has 1 aromatic rings. The molecule has 0 saturated heterocycles. The predicted molar refractivity (Wildman–Crippen MR) is 45.3 cm³/mol. The molecule has 4 radical (unpaired) electrons. The first-order chi connectivity index (χ1) is 4.70. The van der Waals surface area contributed by atoms with Crippen LogP contribution in [0.4, 0.5) is 5.69 Å². The minimum atomic E-state index is -1.43. The molecule has 0 heterocycles. The number of nitrogens with two attached hydrogens (primary N) is 1. The van der Waals surface area contributed by atoms with Gasteiger partial charge in [-0.3, -0.25) is 0 Å². The van der Waals surface area contributed by atoms with Crippen LogP contribution in [0.5, 0.6) is 0 Å². The number of nitrogen functional groups attached to an aromatic ring is 1. The van der Waals surface area contributed by atoms with Gasteiger partial charge in [0, 0.05) is 101 Å². The quantitative estimate of drug-likeness (QED) is 0.188. The van der Waals surface area contributed by atoms with Crippen molar-refractivity contribution in [3.8, 4) is 0 Å². The fraction of sp³-hybridized carbons (Fsp3) is 0.143. The molecule has 0 aliphatic rings. The Hall–Kier alpha value is 2.56. The fourth-order valence-corrected chi connectivity index (χ4v) is 0.720. The number of hydrogen-bond acceptors (Lipinski definition) is 3. The second-order valence-electron chi connectivity index (χ2n) is 2.04. The van der Waals surface area contributed by atoms with Crippen LogP contribution in [-0.2, 0) is 112 Å². The van der Waals surface area contributed by atoms with E-state index in [0.29, 0.717) is 11.3 Å². The molecule has 8 N–H and O–H groups in total. The van der Waals surface area contributed by atoms with Crippen LogP contribution in [0.2, 0.25) is 0 Å². The largest absolute Gasteiger partial charge is 1.00 e. The second-order valence-corrected chi connectivity index (χ2v) is 2.04. The van der Waals surface area contributed by atoms with Crippen LogP contribution in [0.1, 0.15) is 11.9 Å². The average Bonchev–Trinajstić information content (AvgIpc) is 1.88. The zero-order valence-corrected chi connectivity index (χ0v) is 15.3. The third-order valence-corrected chi connectivity index (χ3v) is 1.21. The number of aliphatic hydroxyl groups is 2. The van der Waals surface area contributed by atoms with Gasteiger partial charge in [-0.25, -0.2) is 0 Å². The molecule has 0 fully saturated rings. The SMILES string of the molecule is Nc1cccc(C(O)O)c1.O.O.[Ag+].[Ag].[Ag].[Ag].[Ag]. The Kier molecular flexibility index (Phi) is 59.4. The molecule has 1 aromatic carbocycles. The first-order valence-electron chi connectivity index (χ1n) is 2.92. The number of anilines is 1. The molecule has 0 aliphatic carbocycles. The summed E-state index contributed by atoms with van der Waals surface area (Å²) in [5.74, 6) is 0. The second kappa shape index (κ2) is 23.6. The van der Waals surface area contributed by atoms with Crippen LogP contribution in [-0.4, -0.2) is 21.2 Å². The summed E-state index contributed by atoms with van der Waals surface area (Å²) < 4.78 is 0. The van der Waals surface area contributed by atoms with Crippen molar-refractivity contribution < 1.29 is 133 Å². The molecule has 10 heteroatoms. The molecule has 0 aromatic heterocycles. The summed E-state index contributed by atoms with van der Waals surface area (Å²) in [6.45, 7) is 0. The Balaban J connectivity index is -0.0000000286. The summed E-state index contributed by atoms with van der Waals surface area (Å²) in [7, 11) is 0. The number of benzene rings is 1. The van der Waals surface area contributed by atoms with Crippen molar-refractivity contribution in [2.24, 2.45) is 0 Å². The molecular formula is C7H13Ag5NO4+. The van der Waals surface area contributed by atoms with Gasteiger partial charge < -0.3 is 26.9 Å². The van der Waals surface area contributed by atoms with E-state index in [2.05, 4.69) is 0 Å². The van der Waals surface area contributed by atoms with Crippen molar-refractivity contribution in [2.45, 2.75) is 6.29 Å². The van der Waals surface area contributed by atoms with Gasteiger partial charge >= 0.3 is 22.4 Å². The molecule has 0 aliphatic heterocycles. The van der Waals surface area contributed by atoms with Crippen LogP contribution in [0.15, 0.2) is 24.3 Å². The Morgan fingerprint density at radius 1 is 0.941 bits per heavy atom. The third-order valence-electron chi connectivity index (χ3n) is 1.21. The molecule has 0 spiro atoms. The molecule has 1 rings (SSSR count). The van der Waals surface area contributed by atoms with Gasteiger partial charge in [0.2, 0.25) is 0 Å². The van der Waals surface area contributed by atoms with Crippen LogP contribution in [0, 0.1) is 0 Å². The minimum absolute atomic E-state index is 0. The van der Waals surface area contributed by atoms with Crippen molar-refractivity contribution in [1.29, 1.82) is 0 Å². The van der Waals surface area contributed by atoms with Gasteiger partial charge in [0.1, 0.15) is 0 Å². The Morgan fingerprint density at radius 2 is 1.35 bits per heavy atom. The summed E-state index contributed by atoms with van der Waals surface area (Å²) in [4.78, 5) is 0. The maximum Gasteiger partial charge on any atom is 1.00 e. The van der Waals surface area contributed by atoms with E-state index in [1.54, 1.807) is 18.2 Å². The molecule has 0 amide bonds. The van der Waals surface area contributed by atoms with Crippen LogP contribution < -0.4 is 5.73 Å². The molecule has 0 atom stereocenters. The smallest absolute Gasteiger partial charge is 0.412 e. The fourth-order valence-electron chi connectivity index (χ4n) is 0.720. The Labute approximate surface area is 178 Å². The molecule has 0 bridgehead atoms. The van der Waals surface area contributed by atoms with Gasteiger partial charge in [0.25, 0.3) is 0 Å². The summed E-state index contributed by atoms with van der Waals surface area (Å²) in [6, 6.07) is 6.47. The van der Waals surface area contributed by atoms with Crippen molar-refractivity contribution >= 4 is 5.69 Å². The van der Waals surface area contributed by atoms with Crippen molar-refractivity contribution in [3.05, 3.63) is 29.8 Å². The minimum Gasteiger partial charge on any atom is -0.412 e. The summed E-state index contributed by atoms with van der Waals surface area (Å²) in [5.41, 5.74) is 6.32. The van der Waals surface area contributed by atoms with E-state index in [0.717, 1.165) is 0 Å². The normalized spacial score (nSPS) is 6.06. The van der Waals surface area contributed by atoms with E-state index < -0.39 is 6.29 Å². The average molecular weight is 715 g/mol. The van der Waals surface area contributed by atoms with E-state index in [1.807, 2.05) is 0 Å². The summed E-state index contributed by atoms with van der Waals surface area (Å²) in [5, 5.41) is 17.3. The van der Waals surface area contributed by atoms with E-state index >= 15 is 0 Å². The van der Waals surface area contributed by atoms with Gasteiger partial charge in [-0.05, 0) is 12.1 Å². The van der Waals surface area contributed by atoms with Crippen LogP contribution in [0.3, 0.4) is 0 Å². The first kappa shape index (κ1) is 42.7. The zero-order chi connectivity index (χ0) is 7.56. The third kappa shape index (κ3) is 18.6. The van der Waals surface area contributed by atoms with Gasteiger partial charge in [-0.15, -0.1) is 0 Å². The maximum absolute atomic E-state index is 8.65. The number of hydrogen-bond donors (Lipinski definition) is 3. The van der Waals surface area contributed by atoms with E-state index in [1.165, 1.54) is 6.07 Å². The zero-order valence-electron chi connectivity index (χ0n) is 7.87. The maximum atomic E-state index is 8.65. The monoisotopic (exact) mass is 710 g/mol. The standard InChI is InChI=1S/C7H9NO2.5Ag.2H2O/c8-6-3-1-2-5(4-6)7(9)10;;;;;;;/h1-4,7,9-10H,8H2;;;;;;2*1H2/q;;;;;+1;;.